The smallest absolute Gasteiger partial charge is 0.264 e. The van der Waals surface area contributed by atoms with Gasteiger partial charge >= 0.3 is 0 Å². The molecule has 1 aliphatic carbocycles. The van der Waals surface area contributed by atoms with E-state index in [0.29, 0.717) is 37.7 Å². The van der Waals surface area contributed by atoms with Crippen molar-refractivity contribution in [2.45, 2.75) is 51.3 Å². The third kappa shape index (κ3) is 8.23. The summed E-state index contributed by atoms with van der Waals surface area (Å²) in [4.78, 5) is 0.292. The van der Waals surface area contributed by atoms with Crippen molar-refractivity contribution in [1.82, 2.24) is 4.31 Å². The molecule has 0 bridgehead atoms. The van der Waals surface area contributed by atoms with Crippen LogP contribution in [0.1, 0.15) is 42.0 Å². The number of hydrogen-bond donors (Lipinski definition) is 0. The van der Waals surface area contributed by atoms with Gasteiger partial charge in [0.1, 0.15) is 0 Å². The number of nitrogens with zero attached hydrogens (tertiary/aromatic N) is 1. The van der Waals surface area contributed by atoms with Gasteiger partial charge in [0, 0.05) is 11.6 Å². The SMILES string of the molecule is Cc1ccc(S(=O)(=O)N(/C=C2\CC(COCc3ccccc3)(COCc3ccccc3)CC2C)Cc2ccccc2)cc1. The van der Waals surface area contributed by atoms with E-state index >= 15 is 0 Å². The summed E-state index contributed by atoms with van der Waals surface area (Å²) in [5.41, 5.74) is 5.04. The van der Waals surface area contributed by atoms with Crippen LogP contribution in [0.2, 0.25) is 0 Å². The van der Waals surface area contributed by atoms with Crippen molar-refractivity contribution in [2.75, 3.05) is 13.2 Å². The third-order valence-corrected chi connectivity index (χ3v) is 9.83. The van der Waals surface area contributed by atoms with Gasteiger partial charge in [0.2, 0.25) is 0 Å². The molecular formula is C37H41NO4S. The fraction of sp³-hybridized carbons (Fsp3) is 0.297. The van der Waals surface area contributed by atoms with E-state index in [4.69, 9.17) is 9.47 Å². The summed E-state index contributed by atoms with van der Waals surface area (Å²) < 4.78 is 42.1. The van der Waals surface area contributed by atoms with Crippen LogP contribution in [0.3, 0.4) is 0 Å². The van der Waals surface area contributed by atoms with E-state index in [1.807, 2.05) is 92.0 Å². The first-order valence-corrected chi connectivity index (χ1v) is 16.3. The van der Waals surface area contributed by atoms with E-state index < -0.39 is 10.0 Å². The first kappa shape index (κ1) is 30.7. The molecule has 1 unspecified atom stereocenters. The number of benzene rings is 4. The fourth-order valence-electron chi connectivity index (χ4n) is 5.81. The fourth-order valence-corrected chi connectivity index (χ4v) is 7.15. The number of ether oxygens (including phenoxy) is 2. The lowest BCUT2D eigenvalue weighted by Crippen LogP contribution is -2.30. The van der Waals surface area contributed by atoms with Crippen LogP contribution in [-0.4, -0.2) is 25.9 Å². The second-order valence-corrected chi connectivity index (χ2v) is 13.7. The van der Waals surface area contributed by atoms with Gasteiger partial charge in [0.15, 0.2) is 0 Å². The predicted molar refractivity (Wildman–Crippen MR) is 171 cm³/mol. The minimum Gasteiger partial charge on any atom is -0.376 e. The molecule has 4 aromatic rings. The maximum absolute atomic E-state index is 14.0. The number of allylic oxidation sites excluding steroid dienone is 1. The molecule has 1 fully saturated rings. The largest absolute Gasteiger partial charge is 0.376 e. The average Bonchev–Trinajstić information content (AvgIpc) is 3.33. The summed E-state index contributed by atoms with van der Waals surface area (Å²) in [6.45, 7) is 6.51. The van der Waals surface area contributed by atoms with Gasteiger partial charge in [0.25, 0.3) is 10.0 Å². The summed E-state index contributed by atoms with van der Waals surface area (Å²) in [6, 6.07) is 37.2. The molecule has 0 heterocycles. The Hall–Kier alpha value is -3.71. The Kier molecular flexibility index (Phi) is 10.1. The highest BCUT2D eigenvalue weighted by molar-refractivity contribution is 7.89. The highest BCUT2D eigenvalue weighted by Gasteiger charge is 2.42. The van der Waals surface area contributed by atoms with Crippen LogP contribution in [0, 0.1) is 18.3 Å². The van der Waals surface area contributed by atoms with Gasteiger partial charge in [-0.25, -0.2) is 8.42 Å². The molecule has 0 N–H and O–H groups in total. The van der Waals surface area contributed by atoms with Gasteiger partial charge in [-0.2, -0.15) is 0 Å². The Bertz CT molecular complexity index is 1520. The van der Waals surface area contributed by atoms with Crippen LogP contribution in [0.5, 0.6) is 0 Å². The zero-order valence-electron chi connectivity index (χ0n) is 25.1. The summed E-state index contributed by atoms with van der Waals surface area (Å²) >= 11 is 0. The molecule has 5 nitrogen and oxygen atoms in total. The van der Waals surface area contributed by atoms with E-state index in [1.165, 1.54) is 4.31 Å². The molecule has 1 atom stereocenters. The minimum absolute atomic E-state index is 0.173. The van der Waals surface area contributed by atoms with Crippen LogP contribution >= 0.6 is 0 Å². The van der Waals surface area contributed by atoms with Gasteiger partial charge in [-0.1, -0.05) is 116 Å². The summed E-state index contributed by atoms with van der Waals surface area (Å²) in [7, 11) is -3.78. The van der Waals surface area contributed by atoms with Gasteiger partial charge in [0.05, 0.1) is 37.9 Å². The topological polar surface area (TPSA) is 55.8 Å². The molecule has 43 heavy (non-hydrogen) atoms. The zero-order valence-corrected chi connectivity index (χ0v) is 25.9. The number of rotatable bonds is 13. The van der Waals surface area contributed by atoms with Gasteiger partial charge in [-0.05, 0) is 60.1 Å². The van der Waals surface area contributed by atoms with E-state index in [1.54, 1.807) is 12.1 Å². The molecule has 0 radical (unpaired) electrons. The summed E-state index contributed by atoms with van der Waals surface area (Å²) in [6.07, 6.45) is 3.43. The molecule has 5 rings (SSSR count). The molecule has 0 aliphatic heterocycles. The Morgan fingerprint density at radius 1 is 0.744 bits per heavy atom. The molecule has 224 valence electrons. The van der Waals surface area contributed by atoms with Crippen LogP contribution in [-0.2, 0) is 39.3 Å². The zero-order chi connectivity index (χ0) is 30.1. The molecule has 0 amide bonds. The predicted octanol–water partition coefficient (Wildman–Crippen LogP) is 7.92. The van der Waals surface area contributed by atoms with Crippen molar-refractivity contribution in [2.24, 2.45) is 11.3 Å². The van der Waals surface area contributed by atoms with Crippen molar-refractivity contribution in [3.63, 3.8) is 0 Å². The Morgan fingerprint density at radius 3 is 1.74 bits per heavy atom. The Labute approximate surface area is 256 Å². The first-order valence-electron chi connectivity index (χ1n) is 14.9. The standard InChI is InChI=1S/C37H41NO4S/c1-30-18-20-36(21-19-30)43(39,40)38(24-32-12-6-3-7-13-32)25-35-23-37(22-31(35)2,28-41-26-33-14-8-4-9-15-33)29-42-27-34-16-10-5-11-17-34/h3-21,25,31H,22-24,26-29H2,1-2H3/b35-25+. The molecule has 0 saturated heterocycles. The van der Waals surface area contributed by atoms with Crippen LogP contribution < -0.4 is 0 Å². The first-order chi connectivity index (χ1) is 20.8. The van der Waals surface area contributed by atoms with E-state index in [-0.39, 0.29) is 17.9 Å². The second kappa shape index (κ2) is 14.2. The molecule has 1 aliphatic rings. The monoisotopic (exact) mass is 595 g/mol. The van der Waals surface area contributed by atoms with Crippen LogP contribution in [0.4, 0.5) is 0 Å². The highest BCUT2D eigenvalue weighted by atomic mass is 32.2. The minimum atomic E-state index is -3.78. The van der Waals surface area contributed by atoms with Crippen molar-refractivity contribution >= 4 is 10.0 Å². The van der Waals surface area contributed by atoms with Crippen LogP contribution in [0.25, 0.3) is 0 Å². The lowest BCUT2D eigenvalue weighted by molar-refractivity contribution is -0.0304. The molecule has 0 spiro atoms. The van der Waals surface area contributed by atoms with E-state index in [9.17, 15) is 8.42 Å². The molecule has 0 aromatic heterocycles. The molecule has 4 aromatic carbocycles. The van der Waals surface area contributed by atoms with Crippen molar-refractivity contribution in [3.05, 3.63) is 149 Å². The number of aryl methyl sites for hydroxylation is 1. The lowest BCUT2D eigenvalue weighted by Gasteiger charge is -2.29. The third-order valence-electron chi connectivity index (χ3n) is 8.11. The lowest BCUT2D eigenvalue weighted by atomic mass is 9.87. The van der Waals surface area contributed by atoms with E-state index in [2.05, 4.69) is 31.2 Å². The van der Waals surface area contributed by atoms with Gasteiger partial charge in [-0.3, -0.25) is 4.31 Å². The highest BCUT2D eigenvalue weighted by Crippen LogP contribution is 2.46. The molecular weight excluding hydrogens is 554 g/mol. The van der Waals surface area contributed by atoms with E-state index in [0.717, 1.165) is 34.2 Å². The van der Waals surface area contributed by atoms with Crippen molar-refractivity contribution in [3.8, 4) is 0 Å². The Balaban J connectivity index is 1.40. The molecule has 1 saturated carbocycles. The maximum atomic E-state index is 14.0. The van der Waals surface area contributed by atoms with Crippen molar-refractivity contribution < 1.29 is 17.9 Å². The van der Waals surface area contributed by atoms with Crippen LogP contribution in [0.15, 0.2) is 132 Å². The average molecular weight is 596 g/mol. The maximum Gasteiger partial charge on any atom is 0.264 e. The van der Waals surface area contributed by atoms with Crippen molar-refractivity contribution in [1.29, 1.82) is 0 Å². The van der Waals surface area contributed by atoms with Gasteiger partial charge in [-0.15, -0.1) is 0 Å². The number of sulfonamides is 1. The summed E-state index contributed by atoms with van der Waals surface area (Å²) in [5.74, 6) is 0.173. The number of hydrogen-bond acceptors (Lipinski definition) is 4. The summed E-state index contributed by atoms with van der Waals surface area (Å²) in [5, 5.41) is 0. The molecule has 6 heteroatoms. The second-order valence-electron chi connectivity index (χ2n) is 11.8. The van der Waals surface area contributed by atoms with Gasteiger partial charge < -0.3 is 9.47 Å². The Morgan fingerprint density at radius 2 is 1.23 bits per heavy atom. The normalized spacial score (nSPS) is 17.3. The quantitative estimate of drug-likeness (QED) is 0.158.